The summed E-state index contributed by atoms with van der Waals surface area (Å²) >= 11 is 0. The van der Waals surface area contributed by atoms with Crippen molar-refractivity contribution in [2.45, 2.75) is 25.3 Å². The lowest BCUT2D eigenvalue weighted by Gasteiger charge is -2.13. The topological polar surface area (TPSA) is 85.1 Å². The van der Waals surface area contributed by atoms with Crippen molar-refractivity contribution in [3.63, 3.8) is 0 Å². The molecule has 1 amide bonds. The van der Waals surface area contributed by atoms with Gasteiger partial charge in [-0.1, -0.05) is 12.1 Å². The maximum atomic E-state index is 13.7. The summed E-state index contributed by atoms with van der Waals surface area (Å²) in [6.45, 7) is -0.157. The number of allylic oxidation sites excluding steroid dienone is 3. The van der Waals surface area contributed by atoms with E-state index in [9.17, 15) is 32.5 Å². The number of hydrogen-bond donors (Lipinski definition) is 1. The molecular formula is C20H15F4N3O3. The molecule has 3 rings (SSSR count). The fourth-order valence-electron chi connectivity index (χ4n) is 2.92. The number of alkyl halides is 4. The van der Waals surface area contributed by atoms with Gasteiger partial charge in [-0.2, -0.15) is 13.2 Å². The van der Waals surface area contributed by atoms with E-state index in [1.807, 2.05) is 0 Å². The third kappa shape index (κ3) is 4.88. The molecule has 0 aliphatic heterocycles. The van der Waals surface area contributed by atoms with Crippen LogP contribution in [0, 0.1) is 10.1 Å². The Labute approximate surface area is 168 Å². The van der Waals surface area contributed by atoms with Gasteiger partial charge in [0.05, 0.1) is 21.8 Å². The van der Waals surface area contributed by atoms with E-state index < -0.39 is 28.7 Å². The number of benzene rings is 1. The van der Waals surface area contributed by atoms with Crippen LogP contribution >= 0.6 is 0 Å². The number of carbonyl (C=O) groups excluding carboxylic acids is 1. The van der Waals surface area contributed by atoms with Crippen LogP contribution in [0.3, 0.4) is 0 Å². The number of nitrogens with one attached hydrogen (secondary N) is 1. The number of halogens is 4. The zero-order valence-corrected chi connectivity index (χ0v) is 15.3. The van der Waals surface area contributed by atoms with Crippen molar-refractivity contribution in [2.24, 2.45) is 0 Å². The smallest absolute Gasteiger partial charge is 0.348 e. The summed E-state index contributed by atoms with van der Waals surface area (Å²) in [7, 11) is 0. The summed E-state index contributed by atoms with van der Waals surface area (Å²) in [4.78, 5) is 27.0. The summed E-state index contributed by atoms with van der Waals surface area (Å²) < 4.78 is 52.1. The van der Waals surface area contributed by atoms with Gasteiger partial charge in [0.2, 0.25) is 0 Å². The van der Waals surface area contributed by atoms with Gasteiger partial charge in [0.1, 0.15) is 6.17 Å². The molecule has 1 atom stereocenters. The fourth-order valence-corrected chi connectivity index (χ4v) is 2.92. The Bertz CT molecular complexity index is 1050. The summed E-state index contributed by atoms with van der Waals surface area (Å²) in [5.74, 6) is -0.615. The predicted octanol–water partition coefficient (Wildman–Crippen LogP) is 4.32. The molecule has 1 N–H and O–H groups in total. The quantitative estimate of drug-likeness (QED) is 0.443. The van der Waals surface area contributed by atoms with Crippen molar-refractivity contribution >= 4 is 11.5 Å². The van der Waals surface area contributed by atoms with Crippen LogP contribution in [-0.4, -0.2) is 22.0 Å². The lowest BCUT2D eigenvalue weighted by molar-refractivity contribution is -0.417. The number of nitrogens with zero attached hydrogens (tertiary/aromatic N) is 2. The van der Waals surface area contributed by atoms with E-state index in [1.54, 1.807) is 0 Å². The number of aromatic nitrogens is 1. The highest BCUT2D eigenvalue weighted by molar-refractivity contribution is 5.95. The predicted molar refractivity (Wildman–Crippen MR) is 99.4 cm³/mol. The molecule has 1 heterocycles. The van der Waals surface area contributed by atoms with Crippen LogP contribution in [0.1, 0.15) is 33.6 Å². The first-order valence-corrected chi connectivity index (χ1v) is 8.76. The van der Waals surface area contributed by atoms with Crippen molar-refractivity contribution < 1.29 is 27.3 Å². The molecular weight excluding hydrogens is 406 g/mol. The van der Waals surface area contributed by atoms with Crippen LogP contribution in [0.4, 0.5) is 17.6 Å². The molecule has 1 aliphatic carbocycles. The van der Waals surface area contributed by atoms with Gasteiger partial charge in [0.25, 0.3) is 11.6 Å². The minimum Gasteiger partial charge on any atom is -0.348 e. The number of rotatable bonds is 5. The van der Waals surface area contributed by atoms with E-state index in [4.69, 9.17) is 0 Å². The average Bonchev–Trinajstić information content (AvgIpc) is 2.71. The summed E-state index contributed by atoms with van der Waals surface area (Å²) in [5, 5.41) is 13.7. The molecule has 30 heavy (non-hydrogen) atoms. The summed E-state index contributed by atoms with van der Waals surface area (Å²) in [5.41, 5.74) is -0.793. The molecule has 156 valence electrons. The third-order valence-electron chi connectivity index (χ3n) is 4.36. The minimum absolute atomic E-state index is 0.0359. The van der Waals surface area contributed by atoms with Crippen molar-refractivity contribution in [3.05, 3.63) is 92.9 Å². The molecule has 1 unspecified atom stereocenters. The second-order valence-corrected chi connectivity index (χ2v) is 6.49. The maximum Gasteiger partial charge on any atom is 0.416 e. The van der Waals surface area contributed by atoms with Crippen molar-refractivity contribution in [1.29, 1.82) is 0 Å². The fraction of sp³-hybridized carbons (Fsp3) is 0.200. The van der Waals surface area contributed by atoms with Gasteiger partial charge >= 0.3 is 6.18 Å². The lowest BCUT2D eigenvalue weighted by Crippen LogP contribution is -2.23. The Morgan fingerprint density at radius 1 is 1.27 bits per heavy atom. The van der Waals surface area contributed by atoms with Gasteiger partial charge in [-0.05, 0) is 42.0 Å². The molecule has 6 nitrogen and oxygen atoms in total. The Morgan fingerprint density at radius 2 is 2.03 bits per heavy atom. The van der Waals surface area contributed by atoms with Gasteiger partial charge in [0.15, 0.2) is 0 Å². The van der Waals surface area contributed by atoms with E-state index in [0.717, 1.165) is 24.3 Å². The average molecular weight is 421 g/mol. The highest BCUT2D eigenvalue weighted by Crippen LogP contribution is 2.30. The zero-order chi connectivity index (χ0) is 21.9. The zero-order valence-electron chi connectivity index (χ0n) is 15.3. The SMILES string of the molecule is O=C(NCc1cccc(C(F)(F)F)c1)c1ccnc(C2=CC(F)CC=C2[N+](=O)[O-])c1. The Hall–Kier alpha value is -3.56. The van der Waals surface area contributed by atoms with Gasteiger partial charge in [0, 0.05) is 24.7 Å². The van der Waals surface area contributed by atoms with Crippen LogP contribution in [0.5, 0.6) is 0 Å². The maximum absolute atomic E-state index is 13.7. The van der Waals surface area contributed by atoms with E-state index in [-0.39, 0.29) is 41.1 Å². The van der Waals surface area contributed by atoms with Crippen molar-refractivity contribution in [2.75, 3.05) is 0 Å². The lowest BCUT2D eigenvalue weighted by atomic mass is 9.98. The largest absolute Gasteiger partial charge is 0.416 e. The van der Waals surface area contributed by atoms with E-state index >= 15 is 0 Å². The number of hydrogen-bond acceptors (Lipinski definition) is 4. The molecule has 1 aliphatic rings. The van der Waals surface area contributed by atoms with Crippen LogP contribution in [0.2, 0.25) is 0 Å². The molecule has 1 aromatic heterocycles. The second kappa shape index (κ2) is 8.44. The number of amides is 1. The molecule has 0 spiro atoms. The summed E-state index contributed by atoms with van der Waals surface area (Å²) in [6, 6.07) is 7.15. The van der Waals surface area contributed by atoms with E-state index in [2.05, 4.69) is 10.3 Å². The molecule has 1 aromatic carbocycles. The molecule has 0 radical (unpaired) electrons. The van der Waals surface area contributed by atoms with Gasteiger partial charge in [-0.25, -0.2) is 4.39 Å². The highest BCUT2D eigenvalue weighted by Gasteiger charge is 2.30. The Morgan fingerprint density at radius 3 is 2.73 bits per heavy atom. The molecule has 10 heteroatoms. The molecule has 0 saturated carbocycles. The Kier molecular flexibility index (Phi) is 5.95. The third-order valence-corrected chi connectivity index (χ3v) is 4.36. The van der Waals surface area contributed by atoms with Gasteiger partial charge < -0.3 is 5.32 Å². The number of pyridine rings is 1. The normalized spacial score (nSPS) is 16.5. The first-order valence-electron chi connectivity index (χ1n) is 8.76. The standard InChI is InChI=1S/C20H15F4N3O3/c21-15-4-5-18(27(29)30)16(10-15)17-9-13(6-7-25-17)19(28)26-11-12-2-1-3-14(8-12)20(22,23)24/h1-3,5-10,15H,4,11H2,(H,26,28). The number of carbonyl (C=O) groups is 1. The van der Waals surface area contributed by atoms with Gasteiger partial charge in [-0.15, -0.1) is 0 Å². The monoisotopic (exact) mass is 421 g/mol. The Balaban J connectivity index is 1.77. The summed E-state index contributed by atoms with van der Waals surface area (Å²) in [6.07, 6.45) is -2.56. The molecule has 0 bridgehead atoms. The molecule has 2 aromatic rings. The molecule has 0 saturated heterocycles. The van der Waals surface area contributed by atoms with Crippen LogP contribution in [0.15, 0.2) is 60.4 Å². The van der Waals surface area contributed by atoms with Crippen LogP contribution in [-0.2, 0) is 12.7 Å². The van der Waals surface area contributed by atoms with Crippen LogP contribution in [0.25, 0.3) is 5.57 Å². The second-order valence-electron chi connectivity index (χ2n) is 6.49. The first kappa shape index (κ1) is 21.2. The first-order chi connectivity index (χ1) is 14.1. The highest BCUT2D eigenvalue weighted by atomic mass is 19.4. The van der Waals surface area contributed by atoms with Crippen molar-refractivity contribution in [1.82, 2.24) is 10.3 Å². The van der Waals surface area contributed by atoms with E-state index in [1.165, 1.54) is 30.5 Å². The van der Waals surface area contributed by atoms with Gasteiger partial charge in [-0.3, -0.25) is 19.9 Å². The van der Waals surface area contributed by atoms with E-state index in [0.29, 0.717) is 0 Å². The van der Waals surface area contributed by atoms with Crippen LogP contribution < -0.4 is 5.32 Å². The van der Waals surface area contributed by atoms with Crippen molar-refractivity contribution in [3.8, 4) is 0 Å². The minimum atomic E-state index is -4.50. The molecule has 0 fully saturated rings. The number of nitro groups is 1.